The zero-order valence-electron chi connectivity index (χ0n) is 18.5. The maximum Gasteiger partial charge on any atom is 0.289 e. The molecule has 1 amide bonds. The molecule has 2 heterocycles. The molecule has 1 saturated heterocycles. The van der Waals surface area contributed by atoms with Crippen molar-refractivity contribution >= 4 is 29.4 Å². The number of anilines is 1. The van der Waals surface area contributed by atoms with Crippen LogP contribution in [-0.2, 0) is 13.1 Å². The smallest absolute Gasteiger partial charge is 0.289 e. The molecule has 1 aliphatic heterocycles. The van der Waals surface area contributed by atoms with Crippen LogP contribution in [0.4, 0.5) is 5.69 Å². The van der Waals surface area contributed by atoms with Gasteiger partial charge in [-0.1, -0.05) is 60.1 Å². The van der Waals surface area contributed by atoms with Gasteiger partial charge in [-0.25, -0.2) is 10.4 Å². The molecule has 1 aliphatic rings. The third kappa shape index (κ3) is 6.88. The molecule has 170 valence electrons. The van der Waals surface area contributed by atoms with Crippen molar-refractivity contribution in [3.05, 3.63) is 94.8 Å². The molecule has 3 aromatic rings. The molecule has 1 aromatic heterocycles. The Labute approximate surface area is 199 Å². The maximum atomic E-state index is 12.3. The van der Waals surface area contributed by atoms with Crippen LogP contribution in [0.5, 0.6) is 0 Å². The number of nitrogens with one attached hydrogen (secondary N) is 2. The molecular weight excluding hydrogens is 434 g/mol. The third-order valence-corrected chi connectivity index (χ3v) is 6.14. The first-order chi connectivity index (χ1) is 16.2. The van der Waals surface area contributed by atoms with Gasteiger partial charge >= 0.3 is 0 Å². The second kappa shape index (κ2) is 11.6. The molecule has 1 fully saturated rings. The first-order valence-corrected chi connectivity index (χ1v) is 11.6. The number of hydrogen-bond acceptors (Lipinski definition) is 5. The summed E-state index contributed by atoms with van der Waals surface area (Å²) in [6.07, 6.45) is 5.52. The molecule has 0 saturated carbocycles. The lowest BCUT2D eigenvalue weighted by Gasteiger charge is -2.30. The second-order valence-electron chi connectivity index (χ2n) is 8.20. The van der Waals surface area contributed by atoms with Crippen molar-refractivity contribution in [1.29, 1.82) is 0 Å². The van der Waals surface area contributed by atoms with Crippen LogP contribution in [0.2, 0.25) is 5.02 Å². The number of carbonyl (C=O) groups is 1. The third-order valence-electron chi connectivity index (χ3n) is 5.77. The molecule has 0 bridgehead atoms. The lowest BCUT2D eigenvalue weighted by Crippen LogP contribution is -2.34. The van der Waals surface area contributed by atoms with Crippen molar-refractivity contribution in [1.82, 2.24) is 15.3 Å². The second-order valence-corrected chi connectivity index (χ2v) is 8.60. The SMILES string of the molecule is O=C(N/N=C/C1CCN(Cc2ccccc2Cl)CC1)c1ccc(NCc2ccccc2)cn1. The fraction of sp³-hybridized carbons (Fsp3) is 0.269. The summed E-state index contributed by atoms with van der Waals surface area (Å²) in [5, 5.41) is 8.29. The van der Waals surface area contributed by atoms with E-state index in [0.29, 0.717) is 18.2 Å². The van der Waals surface area contributed by atoms with Crippen molar-refractivity contribution in [2.24, 2.45) is 11.0 Å². The minimum Gasteiger partial charge on any atom is -0.380 e. The van der Waals surface area contributed by atoms with Crippen LogP contribution < -0.4 is 10.7 Å². The van der Waals surface area contributed by atoms with Crippen LogP contribution in [-0.4, -0.2) is 35.1 Å². The van der Waals surface area contributed by atoms with Crippen molar-refractivity contribution in [2.75, 3.05) is 18.4 Å². The van der Waals surface area contributed by atoms with E-state index >= 15 is 0 Å². The maximum absolute atomic E-state index is 12.3. The van der Waals surface area contributed by atoms with Crippen LogP contribution in [0.1, 0.15) is 34.5 Å². The van der Waals surface area contributed by atoms with Crippen molar-refractivity contribution in [2.45, 2.75) is 25.9 Å². The molecule has 33 heavy (non-hydrogen) atoms. The normalized spacial score (nSPS) is 14.9. The molecule has 7 heteroatoms. The summed E-state index contributed by atoms with van der Waals surface area (Å²) in [6, 6.07) is 21.7. The van der Waals surface area contributed by atoms with Gasteiger partial charge in [0.1, 0.15) is 5.69 Å². The van der Waals surface area contributed by atoms with Gasteiger partial charge in [-0.3, -0.25) is 9.69 Å². The summed E-state index contributed by atoms with van der Waals surface area (Å²) in [5.74, 6) is 0.0438. The van der Waals surface area contributed by atoms with E-state index < -0.39 is 0 Å². The van der Waals surface area contributed by atoms with Gasteiger partial charge in [-0.2, -0.15) is 5.10 Å². The molecule has 0 spiro atoms. The van der Waals surface area contributed by atoms with Crippen LogP contribution in [0.15, 0.2) is 78.0 Å². The number of halogens is 1. The summed E-state index contributed by atoms with van der Waals surface area (Å²) in [7, 11) is 0. The lowest BCUT2D eigenvalue weighted by atomic mass is 9.98. The molecule has 0 radical (unpaired) electrons. The monoisotopic (exact) mass is 461 g/mol. The van der Waals surface area contributed by atoms with Gasteiger partial charge in [-0.15, -0.1) is 0 Å². The Morgan fingerprint density at radius 1 is 1.06 bits per heavy atom. The number of hydrogen-bond donors (Lipinski definition) is 2. The summed E-state index contributed by atoms with van der Waals surface area (Å²) in [6.45, 7) is 3.53. The molecular formula is C26H28ClN5O. The highest BCUT2D eigenvalue weighted by Gasteiger charge is 2.18. The Hall–Kier alpha value is -3.22. The van der Waals surface area contributed by atoms with E-state index in [4.69, 9.17) is 11.6 Å². The average Bonchev–Trinajstić information content (AvgIpc) is 2.86. The van der Waals surface area contributed by atoms with Gasteiger partial charge in [0.25, 0.3) is 5.91 Å². The molecule has 2 aromatic carbocycles. The summed E-state index contributed by atoms with van der Waals surface area (Å²) in [5.41, 5.74) is 6.15. The standard InChI is InChI=1S/C26H28ClN5O/c27-24-9-5-4-8-22(24)19-32-14-12-21(13-15-32)17-30-31-26(33)25-11-10-23(18-29-25)28-16-20-6-2-1-3-7-20/h1-11,17-18,21,28H,12-16,19H2,(H,31,33)/b30-17+. The molecule has 2 N–H and O–H groups in total. The number of carbonyl (C=O) groups excluding carboxylic acids is 1. The Balaban J connectivity index is 1.19. The number of likely N-dealkylation sites (tertiary alicyclic amines) is 1. The molecule has 0 atom stereocenters. The number of amides is 1. The number of benzene rings is 2. The van der Waals surface area contributed by atoms with Crippen LogP contribution in [0.3, 0.4) is 0 Å². The number of piperidine rings is 1. The fourth-order valence-corrected chi connectivity index (χ4v) is 4.01. The Morgan fingerprint density at radius 3 is 2.55 bits per heavy atom. The lowest BCUT2D eigenvalue weighted by molar-refractivity contribution is 0.0950. The number of aromatic nitrogens is 1. The van der Waals surface area contributed by atoms with Crippen molar-refractivity contribution in [3.63, 3.8) is 0 Å². The van der Waals surface area contributed by atoms with Gasteiger partial charge in [0, 0.05) is 24.3 Å². The topological polar surface area (TPSA) is 69.6 Å². The van der Waals surface area contributed by atoms with E-state index in [1.807, 2.05) is 48.7 Å². The van der Waals surface area contributed by atoms with Gasteiger partial charge in [0.05, 0.1) is 11.9 Å². The summed E-state index contributed by atoms with van der Waals surface area (Å²) in [4.78, 5) is 19.0. The first-order valence-electron chi connectivity index (χ1n) is 11.2. The van der Waals surface area contributed by atoms with Crippen molar-refractivity contribution < 1.29 is 4.79 Å². The number of nitrogens with zero attached hydrogens (tertiary/aromatic N) is 3. The molecule has 6 nitrogen and oxygen atoms in total. The van der Waals surface area contributed by atoms with Gasteiger partial charge in [0.2, 0.25) is 0 Å². The Kier molecular flexibility index (Phi) is 8.06. The van der Waals surface area contributed by atoms with Gasteiger partial charge in [0.15, 0.2) is 0 Å². The number of rotatable bonds is 8. The fourth-order valence-electron chi connectivity index (χ4n) is 3.82. The molecule has 4 rings (SSSR count). The van der Waals surface area contributed by atoms with Crippen LogP contribution >= 0.6 is 11.6 Å². The van der Waals surface area contributed by atoms with Crippen LogP contribution in [0.25, 0.3) is 0 Å². The average molecular weight is 462 g/mol. The van der Waals surface area contributed by atoms with E-state index in [0.717, 1.165) is 48.7 Å². The zero-order chi connectivity index (χ0) is 22.9. The number of hydrazone groups is 1. The van der Waals surface area contributed by atoms with E-state index in [2.05, 4.69) is 43.9 Å². The zero-order valence-corrected chi connectivity index (χ0v) is 19.2. The summed E-state index contributed by atoms with van der Waals surface area (Å²) < 4.78 is 0. The van der Waals surface area contributed by atoms with Gasteiger partial charge in [-0.05, 0) is 61.2 Å². The first kappa shape index (κ1) is 23.0. The Bertz CT molecular complexity index is 1060. The quantitative estimate of drug-likeness (QED) is 0.367. The van der Waals surface area contributed by atoms with E-state index in [1.54, 1.807) is 12.3 Å². The largest absolute Gasteiger partial charge is 0.380 e. The molecule has 0 aliphatic carbocycles. The highest BCUT2D eigenvalue weighted by Crippen LogP contribution is 2.21. The highest BCUT2D eigenvalue weighted by atomic mass is 35.5. The predicted molar refractivity (Wildman–Crippen MR) is 133 cm³/mol. The summed E-state index contributed by atoms with van der Waals surface area (Å²) >= 11 is 6.27. The van der Waals surface area contributed by atoms with Crippen LogP contribution in [0, 0.1) is 5.92 Å². The highest BCUT2D eigenvalue weighted by molar-refractivity contribution is 6.31. The van der Waals surface area contributed by atoms with E-state index in [1.165, 1.54) is 5.56 Å². The van der Waals surface area contributed by atoms with E-state index in [-0.39, 0.29) is 5.91 Å². The van der Waals surface area contributed by atoms with Gasteiger partial charge < -0.3 is 5.32 Å². The minimum atomic E-state index is -0.308. The van der Waals surface area contributed by atoms with Crippen molar-refractivity contribution in [3.8, 4) is 0 Å². The molecule has 0 unspecified atom stereocenters. The van der Waals surface area contributed by atoms with E-state index in [9.17, 15) is 4.79 Å². The minimum absolute atomic E-state index is 0.308. The predicted octanol–water partition coefficient (Wildman–Crippen LogP) is 4.97. The number of pyridine rings is 1. The Morgan fingerprint density at radius 2 is 1.82 bits per heavy atom.